The Morgan fingerprint density at radius 2 is 1.77 bits per heavy atom. The smallest absolute Gasteiger partial charge is 0.290 e. The van der Waals surface area contributed by atoms with E-state index in [1.807, 2.05) is 42.3 Å². The lowest BCUT2D eigenvalue weighted by atomic mass is 9.93. The van der Waals surface area contributed by atoms with Crippen LogP contribution in [0.5, 0.6) is 0 Å². The third-order valence-electron chi connectivity index (χ3n) is 6.60. The maximum absolute atomic E-state index is 13.0. The highest BCUT2D eigenvalue weighted by Gasteiger charge is 2.43. The Balaban J connectivity index is 0.000000806. The number of carboxylic acid groups (broad SMARTS) is 1. The molecular formula is C24H31NO5. The number of benzene rings is 1. The summed E-state index contributed by atoms with van der Waals surface area (Å²) >= 11 is 0. The average Bonchev–Trinajstić information content (AvgIpc) is 3.45. The van der Waals surface area contributed by atoms with Crippen molar-refractivity contribution in [3.63, 3.8) is 0 Å². The molecule has 0 aliphatic heterocycles. The lowest BCUT2D eigenvalue weighted by Gasteiger charge is -2.27. The Bertz CT molecular complexity index is 777. The third kappa shape index (κ3) is 5.51. The second-order valence-corrected chi connectivity index (χ2v) is 8.49. The van der Waals surface area contributed by atoms with E-state index in [2.05, 4.69) is 12.1 Å². The molecule has 6 nitrogen and oxygen atoms in total. The van der Waals surface area contributed by atoms with E-state index in [0.29, 0.717) is 24.3 Å². The fourth-order valence-corrected chi connectivity index (χ4v) is 5.12. The van der Waals surface area contributed by atoms with Gasteiger partial charge in [0.15, 0.2) is 0 Å². The van der Waals surface area contributed by atoms with Gasteiger partial charge in [-0.3, -0.25) is 9.59 Å². The molecule has 30 heavy (non-hydrogen) atoms. The largest absolute Gasteiger partial charge is 0.483 e. The van der Waals surface area contributed by atoms with Crippen molar-refractivity contribution in [3.05, 3.63) is 60.1 Å². The topological polar surface area (TPSA) is 91.0 Å². The van der Waals surface area contributed by atoms with Crippen LogP contribution in [-0.4, -0.2) is 46.7 Å². The Kier molecular flexibility index (Phi) is 7.69. The molecule has 1 heterocycles. The molecule has 2 saturated carbocycles. The summed E-state index contributed by atoms with van der Waals surface area (Å²) in [4.78, 5) is 23.4. The number of hydrogen-bond donors (Lipinski definition) is 2. The minimum absolute atomic E-state index is 0.0556. The van der Waals surface area contributed by atoms with Crippen LogP contribution in [0.3, 0.4) is 0 Å². The zero-order chi connectivity index (χ0) is 21.5. The van der Waals surface area contributed by atoms with Crippen LogP contribution in [-0.2, 0) is 16.0 Å². The van der Waals surface area contributed by atoms with Crippen molar-refractivity contribution in [1.82, 2.24) is 4.90 Å². The monoisotopic (exact) mass is 413 g/mol. The van der Waals surface area contributed by atoms with Gasteiger partial charge in [-0.15, -0.1) is 0 Å². The number of carbonyl (C=O) groups is 2. The Morgan fingerprint density at radius 1 is 1.13 bits per heavy atom. The minimum atomic E-state index is -0.250. The molecule has 0 spiro atoms. The highest BCUT2D eigenvalue weighted by molar-refractivity contribution is 5.77. The molecule has 1 amide bonds. The Morgan fingerprint density at radius 3 is 2.33 bits per heavy atom. The number of hydrogen-bond acceptors (Lipinski definition) is 4. The number of furan rings is 1. The van der Waals surface area contributed by atoms with Crippen LogP contribution in [0, 0.1) is 11.8 Å². The predicted octanol–water partition coefficient (Wildman–Crippen LogP) is 3.70. The molecule has 1 aromatic carbocycles. The van der Waals surface area contributed by atoms with Crippen LogP contribution in [0.2, 0.25) is 0 Å². The summed E-state index contributed by atoms with van der Waals surface area (Å²) in [6.07, 6.45) is 6.71. The fraction of sp³-hybridized carbons (Fsp3) is 0.500. The Labute approximate surface area is 177 Å². The van der Waals surface area contributed by atoms with Gasteiger partial charge in [0, 0.05) is 25.4 Å². The summed E-state index contributed by atoms with van der Waals surface area (Å²) in [5.74, 6) is 2.31. The highest BCUT2D eigenvalue weighted by atomic mass is 16.3. The molecule has 162 valence electrons. The van der Waals surface area contributed by atoms with E-state index in [-0.39, 0.29) is 24.4 Å². The predicted molar refractivity (Wildman–Crippen MR) is 113 cm³/mol. The van der Waals surface area contributed by atoms with E-state index >= 15 is 0 Å². The van der Waals surface area contributed by atoms with E-state index in [4.69, 9.17) is 14.3 Å². The van der Waals surface area contributed by atoms with Crippen molar-refractivity contribution >= 4 is 12.4 Å². The van der Waals surface area contributed by atoms with Gasteiger partial charge in [-0.05, 0) is 61.6 Å². The molecule has 5 atom stereocenters. The molecule has 4 rings (SSSR count). The molecular weight excluding hydrogens is 382 g/mol. The average molecular weight is 414 g/mol. The van der Waals surface area contributed by atoms with Gasteiger partial charge in [0.1, 0.15) is 5.76 Å². The molecule has 2 fully saturated rings. The SMILES string of the molecule is CN(C(=O)CC(Cc1ccccc1)c1ccco1)C1C[C@H]2CC(O)C[C@H]2C1.O=CO. The van der Waals surface area contributed by atoms with Crippen LogP contribution < -0.4 is 0 Å². The van der Waals surface area contributed by atoms with Gasteiger partial charge in [-0.25, -0.2) is 0 Å². The number of fused-ring (bicyclic) bond motifs is 1. The number of aliphatic hydroxyl groups excluding tert-OH is 1. The highest BCUT2D eigenvalue weighted by Crippen LogP contribution is 2.45. The first-order valence-electron chi connectivity index (χ1n) is 10.6. The van der Waals surface area contributed by atoms with Crippen molar-refractivity contribution in [2.45, 2.75) is 56.6 Å². The molecule has 1 aromatic heterocycles. The summed E-state index contributed by atoms with van der Waals surface area (Å²) in [5.41, 5.74) is 1.22. The van der Waals surface area contributed by atoms with E-state index in [1.165, 1.54) is 5.56 Å². The summed E-state index contributed by atoms with van der Waals surface area (Å²) in [6, 6.07) is 14.5. The van der Waals surface area contributed by atoms with Crippen LogP contribution >= 0.6 is 0 Å². The second-order valence-electron chi connectivity index (χ2n) is 8.49. The molecule has 3 unspecified atom stereocenters. The summed E-state index contributed by atoms with van der Waals surface area (Å²) in [5, 5.41) is 16.7. The first kappa shape index (κ1) is 22.1. The van der Waals surface area contributed by atoms with Gasteiger partial charge >= 0.3 is 0 Å². The van der Waals surface area contributed by atoms with Crippen LogP contribution in [0.25, 0.3) is 0 Å². The van der Waals surface area contributed by atoms with Gasteiger partial charge in [0.05, 0.1) is 12.4 Å². The molecule has 2 aliphatic rings. The molecule has 0 saturated heterocycles. The number of rotatable bonds is 6. The zero-order valence-electron chi connectivity index (χ0n) is 17.4. The van der Waals surface area contributed by atoms with Crippen molar-refractivity contribution < 1.29 is 24.2 Å². The van der Waals surface area contributed by atoms with Crippen molar-refractivity contribution in [2.24, 2.45) is 11.8 Å². The van der Waals surface area contributed by atoms with Crippen LogP contribution in [0.15, 0.2) is 53.1 Å². The van der Waals surface area contributed by atoms with E-state index < -0.39 is 0 Å². The van der Waals surface area contributed by atoms with Crippen molar-refractivity contribution in [1.29, 1.82) is 0 Å². The molecule has 2 aliphatic carbocycles. The van der Waals surface area contributed by atoms with Gasteiger partial charge in [0.2, 0.25) is 5.91 Å². The van der Waals surface area contributed by atoms with Crippen molar-refractivity contribution in [2.75, 3.05) is 7.05 Å². The number of amides is 1. The molecule has 0 bridgehead atoms. The Hall–Kier alpha value is -2.60. The summed E-state index contributed by atoms with van der Waals surface area (Å²) in [7, 11) is 1.95. The van der Waals surface area contributed by atoms with Gasteiger partial charge < -0.3 is 19.5 Å². The van der Waals surface area contributed by atoms with E-state index in [0.717, 1.165) is 37.9 Å². The van der Waals surface area contributed by atoms with Gasteiger partial charge in [-0.1, -0.05) is 30.3 Å². The lowest BCUT2D eigenvalue weighted by molar-refractivity contribution is -0.132. The summed E-state index contributed by atoms with van der Waals surface area (Å²) < 4.78 is 5.65. The molecule has 2 aromatic rings. The van der Waals surface area contributed by atoms with Gasteiger partial charge in [-0.2, -0.15) is 0 Å². The van der Waals surface area contributed by atoms with E-state index in [1.54, 1.807) is 6.26 Å². The van der Waals surface area contributed by atoms with Crippen LogP contribution in [0.4, 0.5) is 0 Å². The number of nitrogens with zero attached hydrogens (tertiary/aromatic N) is 1. The lowest BCUT2D eigenvalue weighted by Crippen LogP contribution is -2.36. The van der Waals surface area contributed by atoms with E-state index in [9.17, 15) is 9.90 Å². The minimum Gasteiger partial charge on any atom is -0.483 e. The summed E-state index contributed by atoms with van der Waals surface area (Å²) in [6.45, 7) is -0.250. The second kappa shape index (κ2) is 10.4. The number of aliphatic hydroxyl groups is 1. The fourth-order valence-electron chi connectivity index (χ4n) is 5.12. The maximum Gasteiger partial charge on any atom is 0.290 e. The first-order valence-corrected chi connectivity index (χ1v) is 10.6. The molecule has 2 N–H and O–H groups in total. The maximum atomic E-state index is 13.0. The normalized spacial score (nSPS) is 25.7. The number of carbonyl (C=O) groups excluding carboxylic acids is 1. The quantitative estimate of drug-likeness (QED) is 0.705. The molecule has 0 radical (unpaired) electrons. The van der Waals surface area contributed by atoms with Crippen molar-refractivity contribution in [3.8, 4) is 0 Å². The zero-order valence-corrected chi connectivity index (χ0v) is 17.4. The van der Waals surface area contributed by atoms with Gasteiger partial charge in [0.25, 0.3) is 6.47 Å². The van der Waals surface area contributed by atoms with Crippen LogP contribution in [0.1, 0.15) is 49.3 Å². The first-order chi connectivity index (χ1) is 14.5. The third-order valence-corrected chi connectivity index (χ3v) is 6.60. The standard InChI is InChI=1S/C23H29NO3.CH2O2/c1-24(20-11-17-13-21(25)14-18(17)12-20)23(26)15-19(22-8-5-9-27-22)10-16-6-3-2-4-7-16;2-1-3/h2-9,17-21,25H,10-15H2,1H3;1H,(H,2,3)/t17-,18+,19?,20?,21?;. The molecule has 6 heteroatoms.